The summed E-state index contributed by atoms with van der Waals surface area (Å²) in [7, 11) is 0. The monoisotopic (exact) mass is 201 g/mol. The van der Waals surface area contributed by atoms with Crippen LogP contribution in [-0.4, -0.2) is 15.2 Å². The number of hydrogen-bond donors (Lipinski definition) is 2. The minimum atomic E-state index is -0.0780. The SMILES string of the molecule is Oc1ccc2c(c1)oc1nc(O)ccc12. The Morgan fingerprint density at radius 2 is 1.80 bits per heavy atom. The van der Waals surface area contributed by atoms with Crippen LogP contribution in [-0.2, 0) is 0 Å². The summed E-state index contributed by atoms with van der Waals surface area (Å²) in [6.45, 7) is 0. The van der Waals surface area contributed by atoms with Crippen LogP contribution in [0, 0.1) is 0 Å². The van der Waals surface area contributed by atoms with Gasteiger partial charge in [0.05, 0.1) is 0 Å². The van der Waals surface area contributed by atoms with Crippen LogP contribution >= 0.6 is 0 Å². The lowest BCUT2D eigenvalue weighted by Gasteiger charge is -1.90. The van der Waals surface area contributed by atoms with Crippen molar-refractivity contribution >= 4 is 22.1 Å². The lowest BCUT2D eigenvalue weighted by molar-refractivity contribution is 0.452. The van der Waals surface area contributed by atoms with Gasteiger partial charge in [-0.1, -0.05) is 0 Å². The second-order valence-electron chi connectivity index (χ2n) is 3.30. The first-order chi connectivity index (χ1) is 7.24. The number of aromatic nitrogens is 1. The van der Waals surface area contributed by atoms with Crippen molar-refractivity contribution in [2.75, 3.05) is 0 Å². The van der Waals surface area contributed by atoms with Gasteiger partial charge in [0.25, 0.3) is 0 Å². The molecule has 0 unspecified atom stereocenters. The highest BCUT2D eigenvalue weighted by atomic mass is 16.3. The molecule has 3 rings (SSSR count). The Bertz CT molecular complexity index is 601. The van der Waals surface area contributed by atoms with E-state index in [9.17, 15) is 10.2 Å². The predicted octanol–water partition coefficient (Wildman–Crippen LogP) is 2.39. The van der Waals surface area contributed by atoms with Crippen molar-refractivity contribution < 1.29 is 14.6 Å². The lowest BCUT2D eigenvalue weighted by atomic mass is 10.2. The number of fused-ring (bicyclic) bond motifs is 3. The zero-order chi connectivity index (χ0) is 10.4. The van der Waals surface area contributed by atoms with Crippen LogP contribution in [0.5, 0.6) is 11.6 Å². The van der Waals surface area contributed by atoms with Gasteiger partial charge in [0.1, 0.15) is 11.3 Å². The highest BCUT2D eigenvalue weighted by Crippen LogP contribution is 2.30. The molecule has 2 heterocycles. The van der Waals surface area contributed by atoms with Gasteiger partial charge in [0.15, 0.2) is 0 Å². The Hall–Kier alpha value is -2.23. The molecule has 1 aromatic carbocycles. The molecule has 0 atom stereocenters. The molecule has 0 aliphatic rings. The van der Waals surface area contributed by atoms with Gasteiger partial charge < -0.3 is 14.6 Å². The maximum Gasteiger partial charge on any atom is 0.230 e. The van der Waals surface area contributed by atoms with E-state index in [1.807, 2.05) is 0 Å². The molecule has 0 saturated carbocycles. The highest BCUT2D eigenvalue weighted by Gasteiger charge is 2.08. The third kappa shape index (κ3) is 1.11. The van der Waals surface area contributed by atoms with Crippen LogP contribution in [0.15, 0.2) is 34.7 Å². The summed E-state index contributed by atoms with van der Waals surface area (Å²) in [5.74, 6) is 0.0663. The minimum absolute atomic E-state index is 0.0780. The third-order valence-electron chi connectivity index (χ3n) is 2.31. The van der Waals surface area contributed by atoms with Gasteiger partial charge >= 0.3 is 0 Å². The van der Waals surface area contributed by atoms with Crippen LogP contribution in [0.1, 0.15) is 0 Å². The number of nitrogens with zero attached hydrogens (tertiary/aromatic N) is 1. The minimum Gasteiger partial charge on any atom is -0.508 e. The van der Waals surface area contributed by atoms with Crippen LogP contribution < -0.4 is 0 Å². The van der Waals surface area contributed by atoms with Crippen LogP contribution in [0.2, 0.25) is 0 Å². The maximum absolute atomic E-state index is 9.28. The van der Waals surface area contributed by atoms with Crippen molar-refractivity contribution in [3.8, 4) is 11.6 Å². The molecule has 3 aromatic rings. The summed E-state index contributed by atoms with van der Waals surface area (Å²) < 4.78 is 5.38. The number of rotatable bonds is 0. The molecule has 0 spiro atoms. The molecule has 2 aromatic heterocycles. The van der Waals surface area contributed by atoms with E-state index >= 15 is 0 Å². The summed E-state index contributed by atoms with van der Waals surface area (Å²) in [6.07, 6.45) is 0. The average Bonchev–Trinajstić information content (AvgIpc) is 2.53. The Morgan fingerprint density at radius 3 is 2.67 bits per heavy atom. The van der Waals surface area contributed by atoms with Gasteiger partial charge in [-0.2, -0.15) is 4.98 Å². The first kappa shape index (κ1) is 8.11. The first-order valence-corrected chi connectivity index (χ1v) is 4.45. The summed E-state index contributed by atoms with van der Waals surface area (Å²) in [4.78, 5) is 3.85. The standard InChI is InChI=1S/C11H7NO3/c13-6-1-2-7-8-3-4-10(14)12-11(8)15-9(7)5-6/h1-5,13H,(H,12,14). The average molecular weight is 201 g/mol. The van der Waals surface area contributed by atoms with Gasteiger partial charge in [-0.05, 0) is 18.2 Å². The number of furan rings is 1. The van der Waals surface area contributed by atoms with E-state index in [1.165, 1.54) is 12.1 Å². The fraction of sp³-hybridized carbons (Fsp3) is 0. The van der Waals surface area contributed by atoms with Crippen molar-refractivity contribution in [1.82, 2.24) is 4.98 Å². The number of phenolic OH excluding ortho intramolecular Hbond substituents is 1. The number of aromatic hydroxyl groups is 2. The summed E-state index contributed by atoms with van der Waals surface area (Å²) in [5, 5.41) is 20.2. The molecule has 74 valence electrons. The van der Waals surface area contributed by atoms with E-state index in [2.05, 4.69) is 4.98 Å². The first-order valence-electron chi connectivity index (χ1n) is 4.45. The molecule has 15 heavy (non-hydrogen) atoms. The molecule has 0 saturated heterocycles. The van der Waals surface area contributed by atoms with E-state index in [0.29, 0.717) is 11.3 Å². The van der Waals surface area contributed by atoms with Crippen molar-refractivity contribution in [3.63, 3.8) is 0 Å². The molecular weight excluding hydrogens is 194 g/mol. The van der Waals surface area contributed by atoms with Crippen molar-refractivity contribution in [2.45, 2.75) is 0 Å². The molecule has 0 aliphatic carbocycles. The molecule has 0 aliphatic heterocycles. The molecule has 4 nitrogen and oxygen atoms in total. The van der Waals surface area contributed by atoms with Crippen LogP contribution in [0.4, 0.5) is 0 Å². The molecule has 0 radical (unpaired) electrons. The van der Waals surface area contributed by atoms with E-state index in [0.717, 1.165) is 10.8 Å². The number of hydrogen-bond acceptors (Lipinski definition) is 4. The van der Waals surface area contributed by atoms with Crippen molar-refractivity contribution in [1.29, 1.82) is 0 Å². The molecule has 2 N–H and O–H groups in total. The van der Waals surface area contributed by atoms with Gasteiger partial charge in [-0.25, -0.2) is 0 Å². The topological polar surface area (TPSA) is 66.5 Å². The zero-order valence-corrected chi connectivity index (χ0v) is 7.64. The van der Waals surface area contributed by atoms with E-state index in [-0.39, 0.29) is 11.6 Å². The maximum atomic E-state index is 9.28. The Balaban J connectivity index is 2.51. The predicted molar refractivity (Wildman–Crippen MR) is 54.8 cm³/mol. The second-order valence-corrected chi connectivity index (χ2v) is 3.30. The largest absolute Gasteiger partial charge is 0.508 e. The smallest absolute Gasteiger partial charge is 0.230 e. The van der Waals surface area contributed by atoms with Gasteiger partial charge in [-0.15, -0.1) is 0 Å². The fourth-order valence-corrected chi connectivity index (χ4v) is 1.64. The Kier molecular flexibility index (Phi) is 1.42. The molecule has 0 bridgehead atoms. The summed E-state index contributed by atoms with van der Waals surface area (Å²) >= 11 is 0. The molecule has 0 fully saturated rings. The molecular formula is C11H7NO3. The van der Waals surface area contributed by atoms with Crippen molar-refractivity contribution in [2.24, 2.45) is 0 Å². The van der Waals surface area contributed by atoms with Gasteiger partial charge in [0.2, 0.25) is 11.6 Å². The number of benzene rings is 1. The van der Waals surface area contributed by atoms with Gasteiger partial charge in [0, 0.05) is 22.9 Å². The normalized spacial score (nSPS) is 11.2. The zero-order valence-electron chi connectivity index (χ0n) is 7.64. The third-order valence-corrected chi connectivity index (χ3v) is 2.31. The molecule has 4 heteroatoms. The van der Waals surface area contributed by atoms with E-state index < -0.39 is 0 Å². The van der Waals surface area contributed by atoms with Crippen LogP contribution in [0.25, 0.3) is 22.1 Å². The molecule has 0 amide bonds. The van der Waals surface area contributed by atoms with E-state index in [1.54, 1.807) is 18.2 Å². The Morgan fingerprint density at radius 1 is 1.00 bits per heavy atom. The van der Waals surface area contributed by atoms with Crippen molar-refractivity contribution in [3.05, 3.63) is 30.3 Å². The lowest BCUT2D eigenvalue weighted by Crippen LogP contribution is -1.72. The highest BCUT2D eigenvalue weighted by molar-refractivity contribution is 6.03. The van der Waals surface area contributed by atoms with E-state index in [4.69, 9.17) is 4.42 Å². The second kappa shape index (κ2) is 2.63. The summed E-state index contributed by atoms with van der Waals surface area (Å²) in [6, 6.07) is 8.11. The summed E-state index contributed by atoms with van der Waals surface area (Å²) in [5.41, 5.74) is 0.929. The number of phenols is 1. The van der Waals surface area contributed by atoms with Crippen LogP contribution in [0.3, 0.4) is 0 Å². The number of pyridine rings is 1. The Labute approximate surface area is 84.4 Å². The quantitative estimate of drug-likeness (QED) is 0.586. The fourth-order valence-electron chi connectivity index (χ4n) is 1.64. The van der Waals surface area contributed by atoms with Gasteiger partial charge in [-0.3, -0.25) is 0 Å².